The van der Waals surface area contributed by atoms with Crippen molar-refractivity contribution in [2.45, 2.75) is 0 Å². The molecule has 0 unspecified atom stereocenters. The Morgan fingerprint density at radius 2 is 1.79 bits per heavy atom. The monoisotopic (exact) mass is 393 g/mol. The van der Waals surface area contributed by atoms with Gasteiger partial charge in [0.15, 0.2) is 0 Å². The van der Waals surface area contributed by atoms with Gasteiger partial charge in [0.2, 0.25) is 5.95 Å². The Morgan fingerprint density at radius 3 is 2.52 bits per heavy atom. The topological polar surface area (TPSA) is 79.7 Å². The highest BCUT2D eigenvalue weighted by molar-refractivity contribution is 5.94. The first-order chi connectivity index (χ1) is 14.1. The Morgan fingerprint density at radius 1 is 1.03 bits per heavy atom. The maximum absolute atomic E-state index is 12.6. The number of para-hydroxylation sites is 2. The zero-order valence-electron chi connectivity index (χ0n) is 16.5. The minimum atomic E-state index is -0.433. The number of carbonyl (C=O) groups is 2. The molecule has 0 saturated carbocycles. The second kappa shape index (κ2) is 7.83. The molecule has 1 N–H and O–H groups in total. The molecule has 29 heavy (non-hydrogen) atoms. The predicted octanol–water partition coefficient (Wildman–Crippen LogP) is 2.71. The summed E-state index contributed by atoms with van der Waals surface area (Å²) in [5.41, 5.74) is 3.02. The van der Waals surface area contributed by atoms with Crippen molar-refractivity contribution in [2.75, 3.05) is 43.5 Å². The van der Waals surface area contributed by atoms with Gasteiger partial charge in [-0.1, -0.05) is 18.2 Å². The van der Waals surface area contributed by atoms with Crippen molar-refractivity contribution in [3.63, 3.8) is 0 Å². The molecule has 0 radical (unpaired) electrons. The number of hydrogen-bond donors (Lipinski definition) is 1. The van der Waals surface area contributed by atoms with E-state index in [1.165, 1.54) is 7.11 Å². The van der Waals surface area contributed by atoms with Crippen molar-refractivity contribution in [3.8, 4) is 0 Å². The number of amides is 2. The van der Waals surface area contributed by atoms with Crippen LogP contribution in [0.2, 0.25) is 0 Å². The van der Waals surface area contributed by atoms with E-state index in [4.69, 9.17) is 9.72 Å². The van der Waals surface area contributed by atoms with Gasteiger partial charge in [0, 0.05) is 38.9 Å². The molecule has 1 aromatic heterocycles. The van der Waals surface area contributed by atoms with E-state index in [1.807, 2.05) is 25.2 Å². The van der Waals surface area contributed by atoms with Crippen LogP contribution >= 0.6 is 0 Å². The fourth-order valence-electron chi connectivity index (χ4n) is 3.57. The van der Waals surface area contributed by atoms with E-state index in [0.29, 0.717) is 37.4 Å². The number of imidazole rings is 1. The maximum Gasteiger partial charge on any atom is 0.337 e. The number of hydrogen-bond acceptors (Lipinski definition) is 5. The van der Waals surface area contributed by atoms with Gasteiger partial charge in [-0.05, 0) is 30.3 Å². The quantitative estimate of drug-likeness (QED) is 0.692. The largest absolute Gasteiger partial charge is 0.465 e. The highest BCUT2D eigenvalue weighted by Gasteiger charge is 2.24. The Bertz CT molecular complexity index is 1050. The number of anilines is 2. The summed E-state index contributed by atoms with van der Waals surface area (Å²) in [6, 6.07) is 14.6. The lowest BCUT2D eigenvalue weighted by Crippen LogP contribution is -2.50. The van der Waals surface area contributed by atoms with Crippen molar-refractivity contribution in [1.82, 2.24) is 14.5 Å². The van der Waals surface area contributed by atoms with E-state index in [1.54, 1.807) is 29.2 Å². The number of nitrogens with one attached hydrogen (secondary N) is 1. The van der Waals surface area contributed by atoms with Gasteiger partial charge < -0.3 is 24.4 Å². The van der Waals surface area contributed by atoms with E-state index >= 15 is 0 Å². The van der Waals surface area contributed by atoms with Crippen LogP contribution in [0.5, 0.6) is 0 Å². The molecule has 3 aromatic rings. The third-order valence-corrected chi connectivity index (χ3v) is 5.15. The van der Waals surface area contributed by atoms with Crippen LogP contribution in [0, 0.1) is 0 Å². The van der Waals surface area contributed by atoms with E-state index in [2.05, 4.69) is 20.9 Å². The van der Waals surface area contributed by atoms with E-state index < -0.39 is 5.97 Å². The third-order valence-electron chi connectivity index (χ3n) is 5.15. The first kappa shape index (κ1) is 18.8. The van der Waals surface area contributed by atoms with Crippen molar-refractivity contribution < 1.29 is 14.3 Å². The number of fused-ring (bicyclic) bond motifs is 1. The maximum atomic E-state index is 12.6. The third kappa shape index (κ3) is 3.73. The van der Waals surface area contributed by atoms with Gasteiger partial charge in [-0.2, -0.15) is 0 Å². The first-order valence-electron chi connectivity index (χ1n) is 9.47. The standard InChI is InChI=1S/C21H23N5O3/c1-24-18-9-4-3-8-17(18)23-20(24)25-10-12-26(13-11-25)21(28)22-16-7-5-6-15(14-16)19(27)29-2/h3-9,14H,10-13H2,1-2H3,(H,22,28). The highest BCUT2D eigenvalue weighted by Crippen LogP contribution is 2.22. The lowest BCUT2D eigenvalue weighted by Gasteiger charge is -2.35. The first-order valence-corrected chi connectivity index (χ1v) is 9.47. The van der Waals surface area contributed by atoms with Crippen molar-refractivity contribution >= 4 is 34.7 Å². The lowest BCUT2D eigenvalue weighted by atomic mass is 10.2. The van der Waals surface area contributed by atoms with Gasteiger partial charge in [-0.15, -0.1) is 0 Å². The fourth-order valence-corrected chi connectivity index (χ4v) is 3.57. The van der Waals surface area contributed by atoms with E-state index in [9.17, 15) is 9.59 Å². The number of ether oxygens (including phenoxy) is 1. The summed E-state index contributed by atoms with van der Waals surface area (Å²) in [6.07, 6.45) is 0. The number of aryl methyl sites for hydroxylation is 1. The summed E-state index contributed by atoms with van der Waals surface area (Å²) in [6.45, 7) is 2.58. The number of rotatable bonds is 3. The molecule has 1 fully saturated rings. The van der Waals surface area contributed by atoms with E-state index in [-0.39, 0.29) is 6.03 Å². The van der Waals surface area contributed by atoms with Crippen LogP contribution in [0.4, 0.5) is 16.4 Å². The molecular formula is C21H23N5O3. The highest BCUT2D eigenvalue weighted by atomic mass is 16.5. The number of urea groups is 1. The summed E-state index contributed by atoms with van der Waals surface area (Å²) in [7, 11) is 3.34. The van der Waals surface area contributed by atoms with Gasteiger partial charge >= 0.3 is 12.0 Å². The zero-order chi connectivity index (χ0) is 20.4. The molecule has 1 aliphatic rings. The fraction of sp³-hybridized carbons (Fsp3) is 0.286. The van der Waals surface area contributed by atoms with Crippen molar-refractivity contribution in [3.05, 3.63) is 54.1 Å². The normalized spacial score (nSPS) is 14.1. The minimum absolute atomic E-state index is 0.184. The molecule has 0 bridgehead atoms. The second-order valence-corrected chi connectivity index (χ2v) is 6.94. The average molecular weight is 393 g/mol. The molecule has 0 atom stereocenters. The lowest BCUT2D eigenvalue weighted by molar-refractivity contribution is 0.0600. The van der Waals surface area contributed by atoms with Crippen LogP contribution in [0.1, 0.15) is 10.4 Å². The number of esters is 1. The Labute approximate surface area is 168 Å². The molecule has 4 rings (SSSR count). The van der Waals surface area contributed by atoms with Gasteiger partial charge in [0.25, 0.3) is 0 Å². The van der Waals surface area contributed by atoms with Crippen molar-refractivity contribution in [1.29, 1.82) is 0 Å². The SMILES string of the molecule is COC(=O)c1cccc(NC(=O)N2CCN(c3nc4ccccc4n3C)CC2)c1. The van der Waals surface area contributed by atoms with Crippen LogP contribution < -0.4 is 10.2 Å². The summed E-state index contributed by atoms with van der Waals surface area (Å²) in [4.78, 5) is 33.0. The molecule has 1 saturated heterocycles. The van der Waals surface area contributed by atoms with Crippen LogP contribution in [0.15, 0.2) is 48.5 Å². The number of aromatic nitrogens is 2. The number of methoxy groups -OCH3 is 1. The average Bonchev–Trinajstić information content (AvgIpc) is 3.10. The van der Waals surface area contributed by atoms with Crippen LogP contribution in [0.3, 0.4) is 0 Å². The molecule has 0 aliphatic carbocycles. The van der Waals surface area contributed by atoms with Gasteiger partial charge in [-0.3, -0.25) is 0 Å². The van der Waals surface area contributed by atoms with Gasteiger partial charge in [0.05, 0.1) is 23.7 Å². The van der Waals surface area contributed by atoms with Crippen LogP contribution in [-0.2, 0) is 11.8 Å². The molecule has 1 aliphatic heterocycles. The molecular weight excluding hydrogens is 370 g/mol. The van der Waals surface area contributed by atoms with E-state index in [0.717, 1.165) is 17.0 Å². The molecule has 8 nitrogen and oxygen atoms in total. The summed E-state index contributed by atoms with van der Waals surface area (Å²) >= 11 is 0. The number of benzene rings is 2. The molecule has 2 amide bonds. The molecule has 8 heteroatoms. The molecule has 150 valence electrons. The Hall–Kier alpha value is -3.55. The number of carbonyl (C=O) groups excluding carboxylic acids is 2. The zero-order valence-corrected chi connectivity index (χ0v) is 16.5. The van der Waals surface area contributed by atoms with Crippen LogP contribution in [0.25, 0.3) is 11.0 Å². The Kier molecular flexibility index (Phi) is 5.07. The minimum Gasteiger partial charge on any atom is -0.465 e. The smallest absolute Gasteiger partial charge is 0.337 e. The summed E-state index contributed by atoms with van der Waals surface area (Å²) < 4.78 is 6.81. The van der Waals surface area contributed by atoms with Crippen molar-refractivity contribution in [2.24, 2.45) is 7.05 Å². The number of piperazine rings is 1. The molecule has 2 heterocycles. The van der Waals surface area contributed by atoms with Gasteiger partial charge in [-0.25, -0.2) is 14.6 Å². The van der Waals surface area contributed by atoms with Crippen LogP contribution in [-0.4, -0.2) is 59.7 Å². The summed E-state index contributed by atoms with van der Waals surface area (Å²) in [5, 5.41) is 2.86. The number of nitrogens with zero attached hydrogens (tertiary/aromatic N) is 4. The van der Waals surface area contributed by atoms with Gasteiger partial charge in [0.1, 0.15) is 0 Å². The Balaban J connectivity index is 1.40. The predicted molar refractivity (Wildman–Crippen MR) is 111 cm³/mol. The molecule has 2 aromatic carbocycles. The second-order valence-electron chi connectivity index (χ2n) is 6.94. The molecule has 0 spiro atoms. The summed E-state index contributed by atoms with van der Waals surface area (Å²) in [5.74, 6) is 0.481.